The molecular weight excluding hydrogens is 349 g/mol. The van der Waals surface area contributed by atoms with Crippen molar-refractivity contribution < 1.29 is 22.3 Å². The summed E-state index contributed by atoms with van der Waals surface area (Å²) in [6.45, 7) is 0.291. The van der Waals surface area contributed by atoms with E-state index in [0.29, 0.717) is 12.8 Å². The summed E-state index contributed by atoms with van der Waals surface area (Å²) >= 11 is 0. The lowest BCUT2D eigenvalue weighted by molar-refractivity contribution is -0.156. The molecule has 4 rings (SSSR count). The van der Waals surface area contributed by atoms with Crippen LogP contribution in [-0.4, -0.2) is 65.1 Å². The van der Waals surface area contributed by atoms with Crippen LogP contribution in [0.25, 0.3) is 0 Å². The van der Waals surface area contributed by atoms with Gasteiger partial charge >= 0.3 is 6.01 Å². The molecule has 7 nitrogen and oxygen atoms in total. The number of hydrogen-bond acceptors (Lipinski definition) is 6. The molecular formula is C16H20FN3O4S. The van der Waals surface area contributed by atoms with E-state index in [0.717, 1.165) is 0 Å². The second-order valence-corrected chi connectivity index (χ2v) is 9.64. The van der Waals surface area contributed by atoms with Crippen molar-refractivity contribution in [2.45, 2.75) is 36.1 Å². The zero-order valence-corrected chi connectivity index (χ0v) is 14.5. The summed E-state index contributed by atoms with van der Waals surface area (Å²) in [5.41, 5.74) is -1.78. The van der Waals surface area contributed by atoms with Crippen LogP contribution < -0.4 is 4.74 Å². The summed E-state index contributed by atoms with van der Waals surface area (Å²) in [5.74, 6) is -0.737. The van der Waals surface area contributed by atoms with Gasteiger partial charge in [-0.25, -0.2) is 22.8 Å². The van der Waals surface area contributed by atoms with E-state index in [4.69, 9.17) is 4.74 Å². The maximum absolute atomic E-state index is 14.3. The fraction of sp³-hybridized carbons (Fsp3) is 0.688. The third kappa shape index (κ3) is 2.51. The molecule has 25 heavy (non-hydrogen) atoms. The van der Waals surface area contributed by atoms with Gasteiger partial charge in [0.15, 0.2) is 15.5 Å². The molecule has 1 atom stereocenters. The van der Waals surface area contributed by atoms with Crippen LogP contribution in [0.5, 0.6) is 6.01 Å². The Kier molecular flexibility index (Phi) is 3.75. The van der Waals surface area contributed by atoms with E-state index >= 15 is 0 Å². The van der Waals surface area contributed by atoms with Gasteiger partial charge in [-0.05, 0) is 31.7 Å². The maximum atomic E-state index is 14.3. The van der Waals surface area contributed by atoms with Crippen LogP contribution in [0.15, 0.2) is 18.5 Å². The number of carbonyl (C=O) groups excluding carboxylic acids is 1. The molecule has 1 saturated carbocycles. The molecule has 0 N–H and O–H groups in total. The van der Waals surface area contributed by atoms with Gasteiger partial charge in [-0.3, -0.25) is 4.79 Å². The monoisotopic (exact) mass is 369 g/mol. The second-order valence-electron chi connectivity index (χ2n) is 7.19. The first-order valence-electron chi connectivity index (χ1n) is 8.47. The quantitative estimate of drug-likeness (QED) is 0.779. The summed E-state index contributed by atoms with van der Waals surface area (Å²) in [5, 5.41) is 0. The zero-order chi connectivity index (χ0) is 17.7. The second kappa shape index (κ2) is 5.62. The number of sulfone groups is 1. The van der Waals surface area contributed by atoms with Crippen LogP contribution in [0.3, 0.4) is 0 Å². The lowest BCUT2D eigenvalue weighted by atomic mass is 9.77. The molecule has 3 fully saturated rings. The van der Waals surface area contributed by atoms with Crippen molar-refractivity contribution in [3.63, 3.8) is 0 Å². The first kappa shape index (κ1) is 16.7. The molecule has 0 radical (unpaired) electrons. The Bertz CT molecular complexity index is 776. The molecule has 1 aromatic rings. The number of likely N-dealkylation sites (tertiary alicyclic amines) is 1. The van der Waals surface area contributed by atoms with Gasteiger partial charge in [-0.15, -0.1) is 0 Å². The number of halogens is 1. The number of alkyl halides is 1. The lowest BCUT2D eigenvalue weighted by Gasteiger charge is -2.52. The molecule has 2 aliphatic heterocycles. The van der Waals surface area contributed by atoms with E-state index in [1.807, 2.05) is 0 Å². The minimum atomic E-state index is -3.34. The average molecular weight is 369 g/mol. The molecule has 0 unspecified atom stereocenters. The van der Waals surface area contributed by atoms with Gasteiger partial charge in [0, 0.05) is 31.4 Å². The van der Waals surface area contributed by atoms with Crippen molar-refractivity contribution in [2.24, 2.45) is 5.92 Å². The summed E-state index contributed by atoms with van der Waals surface area (Å²) in [4.78, 5) is 21.6. The van der Waals surface area contributed by atoms with Gasteiger partial charge in [0.1, 0.15) is 4.75 Å². The predicted octanol–water partition coefficient (Wildman–Crippen LogP) is 0.763. The first-order valence-corrected chi connectivity index (χ1v) is 10.1. The normalized spacial score (nSPS) is 28.2. The number of hydrogen-bond donors (Lipinski definition) is 0. The summed E-state index contributed by atoms with van der Waals surface area (Å²) in [6, 6.07) is 1.86. The van der Waals surface area contributed by atoms with Gasteiger partial charge in [-0.1, -0.05) is 0 Å². The Labute approximate surface area is 145 Å². The Morgan fingerprint density at radius 2 is 2.00 bits per heavy atom. The van der Waals surface area contributed by atoms with E-state index in [1.54, 1.807) is 18.5 Å². The molecule has 1 amide bonds. The third-order valence-electron chi connectivity index (χ3n) is 5.79. The van der Waals surface area contributed by atoms with Crippen LogP contribution in [0.1, 0.15) is 25.7 Å². The van der Waals surface area contributed by atoms with Gasteiger partial charge in [-0.2, -0.15) is 0 Å². The van der Waals surface area contributed by atoms with Crippen LogP contribution in [0.4, 0.5) is 4.39 Å². The molecule has 2 saturated heterocycles. The minimum absolute atomic E-state index is 0.0590. The molecule has 9 heteroatoms. The highest BCUT2D eigenvalue weighted by Gasteiger charge is 2.64. The molecule has 3 heterocycles. The molecule has 1 aliphatic carbocycles. The number of ether oxygens (including phenoxy) is 1. The van der Waals surface area contributed by atoms with Crippen molar-refractivity contribution in [3.8, 4) is 6.01 Å². The molecule has 1 spiro atoms. The first-order chi connectivity index (χ1) is 11.9. The Balaban J connectivity index is 1.46. The number of aromatic nitrogens is 2. The SMILES string of the molecule is O=C(N1CC2(C1)[C@H](COc1ncccn1)CCS2(=O)=O)C1(F)CCC1. The van der Waals surface area contributed by atoms with E-state index in [-0.39, 0.29) is 50.2 Å². The molecule has 3 aliphatic rings. The molecule has 0 aromatic carbocycles. The number of nitrogens with zero attached hydrogens (tertiary/aromatic N) is 3. The van der Waals surface area contributed by atoms with Crippen molar-refractivity contribution >= 4 is 15.7 Å². The summed E-state index contributed by atoms with van der Waals surface area (Å²) < 4.78 is 44.0. The fourth-order valence-corrected chi connectivity index (χ4v) is 6.37. The Morgan fingerprint density at radius 1 is 1.32 bits per heavy atom. The van der Waals surface area contributed by atoms with E-state index in [9.17, 15) is 17.6 Å². The highest BCUT2D eigenvalue weighted by Crippen LogP contribution is 2.47. The number of amides is 1. The highest BCUT2D eigenvalue weighted by molar-refractivity contribution is 7.93. The number of rotatable bonds is 4. The van der Waals surface area contributed by atoms with Crippen molar-refractivity contribution in [3.05, 3.63) is 18.5 Å². The van der Waals surface area contributed by atoms with Crippen molar-refractivity contribution in [2.75, 3.05) is 25.4 Å². The van der Waals surface area contributed by atoms with E-state index < -0.39 is 26.2 Å². The van der Waals surface area contributed by atoms with Crippen molar-refractivity contribution in [1.29, 1.82) is 0 Å². The fourth-order valence-electron chi connectivity index (χ4n) is 3.97. The van der Waals surface area contributed by atoms with Crippen LogP contribution in [-0.2, 0) is 14.6 Å². The average Bonchev–Trinajstić information content (AvgIpc) is 2.80. The van der Waals surface area contributed by atoms with Gasteiger partial charge in [0.2, 0.25) is 0 Å². The highest BCUT2D eigenvalue weighted by atomic mass is 32.2. The lowest BCUT2D eigenvalue weighted by Crippen LogP contribution is -2.71. The smallest absolute Gasteiger partial charge is 0.316 e. The summed E-state index contributed by atoms with van der Waals surface area (Å²) in [7, 11) is -3.34. The van der Waals surface area contributed by atoms with E-state index in [1.165, 1.54) is 4.90 Å². The Hall–Kier alpha value is -1.77. The number of carbonyl (C=O) groups is 1. The van der Waals surface area contributed by atoms with Crippen LogP contribution >= 0.6 is 0 Å². The predicted molar refractivity (Wildman–Crippen MR) is 86.4 cm³/mol. The van der Waals surface area contributed by atoms with Crippen LogP contribution in [0, 0.1) is 5.92 Å². The zero-order valence-electron chi connectivity index (χ0n) is 13.7. The van der Waals surface area contributed by atoms with Gasteiger partial charge in [0.05, 0.1) is 12.4 Å². The molecule has 1 aromatic heterocycles. The molecule has 0 bridgehead atoms. The van der Waals surface area contributed by atoms with Gasteiger partial charge in [0.25, 0.3) is 5.91 Å². The minimum Gasteiger partial charge on any atom is -0.463 e. The van der Waals surface area contributed by atoms with E-state index in [2.05, 4.69) is 9.97 Å². The summed E-state index contributed by atoms with van der Waals surface area (Å²) in [6.07, 6.45) is 4.74. The standard InChI is InChI=1S/C16H20FN3O4S/c17-15(4-1-5-15)13(21)20-10-16(11-20)12(3-8-25(16,22)23)9-24-14-18-6-2-7-19-14/h2,6-7,12H,1,3-5,8-11H2/t12-/m0/s1. The molecule has 136 valence electrons. The largest absolute Gasteiger partial charge is 0.463 e. The Morgan fingerprint density at radius 3 is 2.60 bits per heavy atom. The topological polar surface area (TPSA) is 89.5 Å². The third-order valence-corrected chi connectivity index (χ3v) is 8.39. The van der Waals surface area contributed by atoms with Crippen molar-refractivity contribution in [1.82, 2.24) is 14.9 Å². The van der Waals surface area contributed by atoms with Crippen LogP contribution in [0.2, 0.25) is 0 Å². The maximum Gasteiger partial charge on any atom is 0.316 e. The van der Waals surface area contributed by atoms with Gasteiger partial charge < -0.3 is 9.64 Å².